The van der Waals surface area contributed by atoms with E-state index in [0.717, 1.165) is 15.6 Å². The van der Waals surface area contributed by atoms with Crippen LogP contribution in [0.2, 0.25) is 0 Å². The number of aromatic nitrogens is 3. The van der Waals surface area contributed by atoms with Gasteiger partial charge in [0.15, 0.2) is 5.13 Å². The summed E-state index contributed by atoms with van der Waals surface area (Å²) in [6.07, 6.45) is 0. The Kier molecular flexibility index (Phi) is 7.78. The van der Waals surface area contributed by atoms with Crippen LogP contribution >= 0.6 is 11.3 Å². The standard InChI is InChI=1S/C24H26N6O5S/c1-14-15(2)36-24(25-14)29-23(32)26-17-5-7-18(8-6-17)35-19-9-10-20-21(13-19)28-22(27-20)30(16(3)31)34-12-11-33-4/h5-10,13H,11-12H2,1-4H3,(H,27,28)(H2,25,26,29,32). The third-order valence-electron chi connectivity index (χ3n) is 5.02. The van der Waals surface area contributed by atoms with Crippen molar-refractivity contribution >= 4 is 51.1 Å². The SMILES string of the molecule is COCCON(C(C)=O)c1nc2ccc(Oc3ccc(NC(=O)Nc4nc(C)c(C)s4)cc3)cc2[nH]1. The van der Waals surface area contributed by atoms with Gasteiger partial charge in [0.2, 0.25) is 11.9 Å². The maximum absolute atomic E-state index is 12.2. The van der Waals surface area contributed by atoms with Crippen molar-refractivity contribution in [3.8, 4) is 11.5 Å². The van der Waals surface area contributed by atoms with Crippen LogP contribution in [0, 0.1) is 13.8 Å². The van der Waals surface area contributed by atoms with Crippen molar-refractivity contribution in [2.24, 2.45) is 0 Å². The van der Waals surface area contributed by atoms with Gasteiger partial charge in [-0.05, 0) is 50.2 Å². The maximum atomic E-state index is 12.2. The second kappa shape index (κ2) is 11.2. The molecule has 0 saturated heterocycles. The van der Waals surface area contributed by atoms with E-state index in [1.165, 1.54) is 18.3 Å². The van der Waals surface area contributed by atoms with Crippen molar-refractivity contribution in [3.05, 3.63) is 53.0 Å². The fourth-order valence-corrected chi connectivity index (χ4v) is 3.99. The highest BCUT2D eigenvalue weighted by molar-refractivity contribution is 7.15. The lowest BCUT2D eigenvalue weighted by Crippen LogP contribution is -2.31. The van der Waals surface area contributed by atoms with Crippen LogP contribution in [0.5, 0.6) is 11.5 Å². The smallest absolute Gasteiger partial charge is 0.325 e. The molecular weight excluding hydrogens is 484 g/mol. The van der Waals surface area contributed by atoms with E-state index in [4.69, 9.17) is 14.3 Å². The number of hydrogen-bond acceptors (Lipinski definition) is 8. The number of anilines is 3. The van der Waals surface area contributed by atoms with Crippen molar-refractivity contribution in [3.63, 3.8) is 0 Å². The molecular formula is C24H26N6O5S. The molecule has 188 valence electrons. The summed E-state index contributed by atoms with van der Waals surface area (Å²) in [5, 5.41) is 7.15. The number of carbonyl (C=O) groups excluding carboxylic acids is 2. The van der Waals surface area contributed by atoms with Crippen molar-refractivity contribution in [2.75, 3.05) is 36.0 Å². The minimum absolute atomic E-state index is 0.207. The highest BCUT2D eigenvalue weighted by Crippen LogP contribution is 2.28. The van der Waals surface area contributed by atoms with Crippen LogP contribution in [0.1, 0.15) is 17.5 Å². The van der Waals surface area contributed by atoms with Gasteiger partial charge in [-0.3, -0.25) is 14.9 Å². The second-order valence-electron chi connectivity index (χ2n) is 7.74. The first kappa shape index (κ1) is 25.1. The number of benzene rings is 2. The Labute approximate surface area is 211 Å². The number of hydroxylamine groups is 1. The molecule has 2 heterocycles. The Balaban J connectivity index is 1.39. The number of urea groups is 1. The van der Waals surface area contributed by atoms with E-state index in [0.29, 0.717) is 40.0 Å². The minimum atomic E-state index is -0.372. The van der Waals surface area contributed by atoms with Crippen LogP contribution in [-0.4, -0.2) is 47.2 Å². The van der Waals surface area contributed by atoms with Gasteiger partial charge < -0.3 is 19.8 Å². The summed E-state index contributed by atoms with van der Waals surface area (Å²) >= 11 is 1.42. The molecule has 0 aliphatic rings. The lowest BCUT2D eigenvalue weighted by molar-refractivity contribution is -0.124. The number of ether oxygens (including phenoxy) is 2. The van der Waals surface area contributed by atoms with Gasteiger partial charge in [-0.25, -0.2) is 14.8 Å². The fraction of sp³-hybridized carbons (Fsp3) is 0.250. The number of fused-ring (bicyclic) bond motifs is 1. The summed E-state index contributed by atoms with van der Waals surface area (Å²) in [6, 6.07) is 11.9. The zero-order valence-corrected chi connectivity index (χ0v) is 21.1. The molecule has 12 heteroatoms. The summed E-state index contributed by atoms with van der Waals surface area (Å²) in [5.74, 6) is 1.10. The normalized spacial score (nSPS) is 10.9. The molecule has 0 fully saturated rings. The number of nitrogens with zero attached hydrogens (tertiary/aromatic N) is 3. The predicted octanol–water partition coefficient (Wildman–Crippen LogP) is 5.00. The number of rotatable bonds is 9. The van der Waals surface area contributed by atoms with E-state index in [1.807, 2.05) is 13.8 Å². The molecule has 3 N–H and O–H groups in total. The predicted molar refractivity (Wildman–Crippen MR) is 138 cm³/mol. The summed E-state index contributed by atoms with van der Waals surface area (Å²) in [6.45, 7) is 5.79. The molecule has 0 aliphatic heterocycles. The zero-order chi connectivity index (χ0) is 25.7. The number of amides is 3. The van der Waals surface area contributed by atoms with Gasteiger partial charge in [-0.2, -0.15) is 5.06 Å². The molecule has 0 radical (unpaired) electrons. The lowest BCUT2D eigenvalue weighted by atomic mass is 10.3. The number of H-pyrrole nitrogens is 1. The molecule has 0 spiro atoms. The molecule has 4 rings (SSSR count). The highest BCUT2D eigenvalue weighted by Gasteiger charge is 2.17. The van der Waals surface area contributed by atoms with E-state index in [2.05, 4.69) is 25.6 Å². The van der Waals surface area contributed by atoms with Crippen LogP contribution in [0.4, 0.5) is 21.6 Å². The van der Waals surface area contributed by atoms with Gasteiger partial charge in [0.25, 0.3) is 0 Å². The summed E-state index contributed by atoms with van der Waals surface area (Å²) in [4.78, 5) is 42.5. The van der Waals surface area contributed by atoms with Gasteiger partial charge in [0.1, 0.15) is 11.5 Å². The van der Waals surface area contributed by atoms with Crippen molar-refractivity contribution < 1.29 is 23.9 Å². The monoisotopic (exact) mass is 510 g/mol. The average Bonchev–Trinajstić information content (AvgIpc) is 3.39. The molecule has 4 aromatic rings. The third-order valence-corrected chi connectivity index (χ3v) is 6.01. The van der Waals surface area contributed by atoms with Gasteiger partial charge in [-0.1, -0.05) is 0 Å². The van der Waals surface area contributed by atoms with Gasteiger partial charge in [0.05, 0.1) is 29.9 Å². The van der Waals surface area contributed by atoms with Crippen molar-refractivity contribution in [1.82, 2.24) is 15.0 Å². The van der Waals surface area contributed by atoms with Crippen molar-refractivity contribution in [1.29, 1.82) is 0 Å². The first-order valence-electron chi connectivity index (χ1n) is 11.0. The molecule has 11 nitrogen and oxygen atoms in total. The first-order chi connectivity index (χ1) is 17.3. The maximum Gasteiger partial charge on any atom is 0.325 e. The second-order valence-corrected chi connectivity index (χ2v) is 8.95. The number of imidazole rings is 1. The molecule has 2 aromatic heterocycles. The lowest BCUT2D eigenvalue weighted by Gasteiger charge is -2.16. The number of carbonyl (C=O) groups is 2. The quantitative estimate of drug-likeness (QED) is 0.213. The van der Waals surface area contributed by atoms with Gasteiger partial charge in [0, 0.05) is 30.7 Å². The van der Waals surface area contributed by atoms with E-state index in [9.17, 15) is 9.59 Å². The Bertz CT molecular complexity index is 1350. The first-order valence-corrected chi connectivity index (χ1v) is 11.9. The van der Waals surface area contributed by atoms with Gasteiger partial charge >= 0.3 is 6.03 Å². The van der Waals surface area contributed by atoms with E-state index >= 15 is 0 Å². The number of thiazole rings is 1. The van der Waals surface area contributed by atoms with E-state index in [-0.39, 0.29) is 24.5 Å². The fourth-order valence-electron chi connectivity index (χ4n) is 3.18. The minimum Gasteiger partial charge on any atom is -0.457 e. The highest BCUT2D eigenvalue weighted by atomic mass is 32.1. The van der Waals surface area contributed by atoms with Crippen LogP contribution in [0.15, 0.2) is 42.5 Å². The summed E-state index contributed by atoms with van der Waals surface area (Å²) in [7, 11) is 1.55. The Morgan fingerprint density at radius 2 is 1.78 bits per heavy atom. The van der Waals surface area contributed by atoms with Crippen LogP contribution in [-0.2, 0) is 14.4 Å². The van der Waals surface area contributed by atoms with E-state index in [1.54, 1.807) is 49.6 Å². The van der Waals surface area contributed by atoms with Crippen molar-refractivity contribution in [2.45, 2.75) is 20.8 Å². The van der Waals surface area contributed by atoms with E-state index < -0.39 is 0 Å². The molecule has 0 atom stereocenters. The molecule has 0 saturated carbocycles. The third kappa shape index (κ3) is 6.16. The Morgan fingerprint density at radius 1 is 1.03 bits per heavy atom. The zero-order valence-electron chi connectivity index (χ0n) is 20.2. The molecule has 2 aromatic carbocycles. The number of methoxy groups -OCH3 is 1. The Morgan fingerprint density at radius 3 is 2.44 bits per heavy atom. The largest absolute Gasteiger partial charge is 0.457 e. The number of aromatic amines is 1. The average molecular weight is 511 g/mol. The summed E-state index contributed by atoms with van der Waals surface area (Å²) in [5.41, 5.74) is 2.83. The van der Waals surface area contributed by atoms with Crippen LogP contribution in [0.3, 0.4) is 0 Å². The topological polar surface area (TPSA) is 131 Å². The Hall–Kier alpha value is -4.00. The molecule has 36 heavy (non-hydrogen) atoms. The number of nitrogens with one attached hydrogen (secondary N) is 3. The molecule has 3 amide bonds. The van der Waals surface area contributed by atoms with Gasteiger partial charge in [-0.15, -0.1) is 11.3 Å². The molecule has 0 unspecified atom stereocenters. The number of aryl methyl sites for hydroxylation is 2. The summed E-state index contributed by atoms with van der Waals surface area (Å²) < 4.78 is 10.9. The molecule has 0 aliphatic carbocycles. The van der Waals surface area contributed by atoms with Crippen LogP contribution in [0.25, 0.3) is 11.0 Å². The van der Waals surface area contributed by atoms with Crippen LogP contribution < -0.4 is 20.4 Å². The molecule has 0 bridgehead atoms. The number of hydrogen-bond donors (Lipinski definition) is 3.